The van der Waals surface area contributed by atoms with Crippen LogP contribution < -0.4 is 20.4 Å². The second-order valence-electron chi connectivity index (χ2n) is 16.3. The Balaban J connectivity index is 1.12. The van der Waals surface area contributed by atoms with E-state index in [0.717, 1.165) is 43.7 Å². The molecule has 0 radical (unpaired) electrons. The highest BCUT2D eigenvalue weighted by Crippen LogP contribution is 2.75. The molecule has 5 heterocycles. The Kier molecular flexibility index (Phi) is 6.20. The quantitative estimate of drug-likeness (QED) is 0.416. The maximum atomic E-state index is 14.6. The van der Waals surface area contributed by atoms with E-state index in [1.54, 1.807) is 25.4 Å². The van der Waals surface area contributed by atoms with Crippen LogP contribution in [-0.4, -0.2) is 84.9 Å². The van der Waals surface area contributed by atoms with Crippen molar-refractivity contribution < 1.29 is 19.1 Å². The van der Waals surface area contributed by atoms with E-state index in [-0.39, 0.29) is 46.5 Å². The summed E-state index contributed by atoms with van der Waals surface area (Å²) in [5.74, 6) is 1.19. The van der Waals surface area contributed by atoms with Gasteiger partial charge in [-0.2, -0.15) is 0 Å². The van der Waals surface area contributed by atoms with Gasteiger partial charge in [0.2, 0.25) is 17.2 Å². The topological polar surface area (TPSA) is 137 Å². The number of piperazine rings is 1. The molecular weight excluding hydrogens is 612 g/mol. The molecule has 1 saturated heterocycles. The summed E-state index contributed by atoms with van der Waals surface area (Å²) in [6.45, 7) is 8.66. The fourth-order valence-corrected chi connectivity index (χ4v) is 9.69. The predicted molar refractivity (Wildman–Crippen MR) is 177 cm³/mol. The summed E-state index contributed by atoms with van der Waals surface area (Å²) in [4.78, 5) is 51.7. The first-order chi connectivity index (χ1) is 22.9. The lowest BCUT2D eigenvalue weighted by molar-refractivity contribution is -0.177. The van der Waals surface area contributed by atoms with E-state index < -0.39 is 11.6 Å². The lowest BCUT2D eigenvalue weighted by atomic mass is 9.37. The van der Waals surface area contributed by atoms with Gasteiger partial charge in [-0.05, 0) is 89.5 Å². The van der Waals surface area contributed by atoms with E-state index in [4.69, 9.17) is 19.7 Å². The van der Waals surface area contributed by atoms with Crippen molar-refractivity contribution in [3.63, 3.8) is 0 Å². The maximum Gasteiger partial charge on any atom is 0.410 e. The molecule has 0 aromatic carbocycles. The number of nitrogens with zero attached hydrogens (tertiary/aromatic N) is 7. The number of aromatic nitrogens is 5. The average Bonchev–Trinajstić information content (AvgIpc) is 3.63. The second-order valence-corrected chi connectivity index (χ2v) is 16.3. The molecule has 13 heteroatoms. The van der Waals surface area contributed by atoms with Gasteiger partial charge in [-0.3, -0.25) is 9.59 Å². The number of methoxy groups -OCH3 is 1. The van der Waals surface area contributed by atoms with Crippen molar-refractivity contribution in [2.45, 2.75) is 114 Å². The average molecular weight is 657 g/mol. The number of carbonyl (C=O) groups is 2. The van der Waals surface area contributed by atoms with Crippen LogP contribution in [-0.2, 0) is 9.53 Å². The van der Waals surface area contributed by atoms with Gasteiger partial charge in [-0.15, -0.1) is 15.0 Å². The number of nitrogens with one attached hydrogen (secondary N) is 1. The van der Waals surface area contributed by atoms with Gasteiger partial charge in [0.05, 0.1) is 24.5 Å². The zero-order chi connectivity index (χ0) is 33.3. The zero-order valence-electron chi connectivity index (χ0n) is 28.4. The normalized spacial score (nSPS) is 31.7. The second kappa shape index (κ2) is 9.94. The highest BCUT2D eigenvalue weighted by molar-refractivity contribution is 5.87. The first-order valence-electron chi connectivity index (χ1n) is 17.5. The highest BCUT2D eigenvalue weighted by Gasteiger charge is 2.72. The number of hydrogen-bond donors (Lipinski definition) is 1. The molecule has 6 fully saturated rings. The molecule has 2 bridgehead atoms. The highest BCUT2D eigenvalue weighted by atomic mass is 16.6. The van der Waals surface area contributed by atoms with E-state index >= 15 is 0 Å². The van der Waals surface area contributed by atoms with Gasteiger partial charge in [0.15, 0.2) is 11.2 Å². The first-order valence-corrected chi connectivity index (χ1v) is 17.5. The minimum atomic E-state index is -0.592. The molecule has 0 spiro atoms. The molecule has 3 aromatic rings. The largest absolute Gasteiger partial charge is 0.481 e. The SMILES string of the molecule is COc1cc(-n2nc3c(=O)c(N4CCN(C(=O)OC(C)(C)C)[C@H]5CC[C@@H]54)c4n(c3n2)[C@@H](C(=O)NC23CC(C5CC5)(C2)C3)C[C@@H]4C)ccn1. The van der Waals surface area contributed by atoms with Crippen molar-refractivity contribution in [1.29, 1.82) is 0 Å². The van der Waals surface area contributed by atoms with Gasteiger partial charge >= 0.3 is 6.09 Å². The van der Waals surface area contributed by atoms with Crippen LogP contribution in [0.4, 0.5) is 10.5 Å². The van der Waals surface area contributed by atoms with E-state index in [1.165, 1.54) is 17.6 Å². The molecule has 1 N–H and O–H groups in total. The third kappa shape index (κ3) is 4.34. The molecular formula is C35H44N8O5. The van der Waals surface area contributed by atoms with Crippen LogP contribution in [0.3, 0.4) is 0 Å². The Morgan fingerprint density at radius 3 is 2.46 bits per heavy atom. The van der Waals surface area contributed by atoms with Gasteiger partial charge in [-0.25, -0.2) is 9.78 Å². The van der Waals surface area contributed by atoms with Crippen molar-refractivity contribution in [1.82, 2.24) is 34.8 Å². The fourth-order valence-electron chi connectivity index (χ4n) is 9.69. The van der Waals surface area contributed by atoms with Crippen LogP contribution in [0.25, 0.3) is 16.9 Å². The van der Waals surface area contributed by atoms with Crippen LogP contribution in [0.1, 0.15) is 96.7 Å². The third-order valence-corrected chi connectivity index (χ3v) is 12.0. The minimum absolute atomic E-state index is 0.00279. The summed E-state index contributed by atoms with van der Waals surface area (Å²) >= 11 is 0. The number of rotatable bonds is 6. The Morgan fingerprint density at radius 1 is 1.04 bits per heavy atom. The van der Waals surface area contributed by atoms with E-state index in [2.05, 4.69) is 22.1 Å². The Bertz CT molecular complexity index is 1900. The van der Waals surface area contributed by atoms with E-state index in [9.17, 15) is 14.4 Å². The molecule has 5 aliphatic carbocycles. The molecule has 0 unspecified atom stereocenters. The van der Waals surface area contributed by atoms with E-state index in [0.29, 0.717) is 47.8 Å². The van der Waals surface area contributed by atoms with Gasteiger partial charge in [-0.1, -0.05) is 6.92 Å². The van der Waals surface area contributed by atoms with Crippen LogP contribution in [0.2, 0.25) is 0 Å². The molecule has 5 saturated carbocycles. The zero-order valence-corrected chi connectivity index (χ0v) is 28.4. The van der Waals surface area contributed by atoms with Crippen LogP contribution in [0.15, 0.2) is 23.1 Å². The summed E-state index contributed by atoms with van der Waals surface area (Å²) in [7, 11) is 1.54. The number of amides is 2. The number of fused-ring (bicyclic) bond motifs is 4. The van der Waals surface area contributed by atoms with Gasteiger partial charge < -0.3 is 29.2 Å². The lowest BCUT2D eigenvalue weighted by Gasteiger charge is -2.71. The molecule has 48 heavy (non-hydrogen) atoms. The molecule has 4 atom stereocenters. The fraction of sp³-hybridized carbons (Fsp3) is 0.657. The summed E-state index contributed by atoms with van der Waals surface area (Å²) < 4.78 is 13.1. The molecule has 2 amide bonds. The number of hydrogen-bond acceptors (Lipinski definition) is 9. The van der Waals surface area contributed by atoms with Crippen LogP contribution in [0.5, 0.6) is 5.88 Å². The number of carbonyl (C=O) groups excluding carboxylic acids is 2. The smallest absolute Gasteiger partial charge is 0.410 e. The van der Waals surface area contributed by atoms with E-state index in [1.807, 2.05) is 30.2 Å². The lowest BCUT2D eigenvalue weighted by Crippen LogP contribution is -2.75. The van der Waals surface area contributed by atoms with Gasteiger partial charge in [0.25, 0.3) is 0 Å². The van der Waals surface area contributed by atoms with Gasteiger partial charge in [0.1, 0.15) is 17.3 Å². The standard InChI is InChI=1S/C35H44N8O5/c1-19-14-24(31(45)37-35-16-34(17-35,18-35)20-6-7-20)42-27(19)28(40-12-13-41(23-9-8-22(23)40)32(46)48-33(2,3)4)29(44)26-30(42)39-43(38-26)21-10-11-36-25(15-21)47-5/h10-11,15,19-20,22-24H,6-9,12-14,16-18H2,1-5H3,(H,37,45)/t19-,22-,23-,24+,34?,35?/m0/s1. The summed E-state index contributed by atoms with van der Waals surface area (Å²) in [5.41, 5.74) is 2.23. The van der Waals surface area contributed by atoms with Crippen molar-refractivity contribution >= 4 is 28.9 Å². The molecule has 3 aromatic heterocycles. The molecule has 254 valence electrons. The maximum absolute atomic E-state index is 14.6. The van der Waals surface area contributed by atoms with Crippen molar-refractivity contribution in [3.8, 4) is 11.6 Å². The van der Waals surface area contributed by atoms with Crippen molar-refractivity contribution in [3.05, 3.63) is 34.2 Å². The van der Waals surface area contributed by atoms with Crippen LogP contribution >= 0.6 is 0 Å². The first kappa shape index (κ1) is 29.9. The molecule has 13 nitrogen and oxygen atoms in total. The Labute approximate surface area is 278 Å². The summed E-state index contributed by atoms with van der Waals surface area (Å²) in [6, 6.07) is 2.89. The van der Waals surface area contributed by atoms with Crippen LogP contribution in [0, 0.1) is 11.3 Å². The Morgan fingerprint density at radius 2 is 1.79 bits per heavy atom. The number of ether oxygens (including phenoxy) is 2. The van der Waals surface area contributed by atoms with Crippen molar-refractivity contribution in [2.24, 2.45) is 11.3 Å². The van der Waals surface area contributed by atoms with Gasteiger partial charge in [0, 0.05) is 42.9 Å². The minimum Gasteiger partial charge on any atom is -0.481 e. The number of anilines is 1. The predicted octanol–water partition coefficient (Wildman–Crippen LogP) is 4.07. The Hall–Kier alpha value is -4.16. The molecule has 2 aliphatic heterocycles. The van der Waals surface area contributed by atoms with Crippen molar-refractivity contribution in [2.75, 3.05) is 25.1 Å². The monoisotopic (exact) mass is 656 g/mol. The molecule has 10 rings (SSSR count). The summed E-state index contributed by atoms with van der Waals surface area (Å²) in [6.07, 6.45) is 9.49. The number of pyridine rings is 2. The summed E-state index contributed by atoms with van der Waals surface area (Å²) in [5, 5.41) is 13.1. The molecule has 7 aliphatic rings. The third-order valence-electron chi connectivity index (χ3n) is 12.0.